The van der Waals surface area contributed by atoms with E-state index in [-0.39, 0.29) is 36.6 Å². The Morgan fingerprint density at radius 3 is 2.24 bits per heavy atom. The summed E-state index contributed by atoms with van der Waals surface area (Å²) in [6.45, 7) is 6.12. The SMILES string of the molecule is CCCC(NOCC)=C1C(=O)CC(C(=O)OCC)CC1=O. The van der Waals surface area contributed by atoms with Gasteiger partial charge in [-0.15, -0.1) is 0 Å². The Morgan fingerprint density at radius 2 is 1.76 bits per heavy atom. The molecule has 0 amide bonds. The summed E-state index contributed by atoms with van der Waals surface area (Å²) in [6.07, 6.45) is 1.36. The summed E-state index contributed by atoms with van der Waals surface area (Å²) in [5.74, 6) is -1.78. The summed E-state index contributed by atoms with van der Waals surface area (Å²) < 4.78 is 4.89. The number of allylic oxidation sites excluding steroid dienone is 2. The van der Waals surface area contributed by atoms with Crippen LogP contribution in [0.25, 0.3) is 0 Å². The van der Waals surface area contributed by atoms with E-state index in [2.05, 4.69) is 5.48 Å². The number of carbonyl (C=O) groups is 3. The molecule has 0 aliphatic heterocycles. The first-order chi connectivity index (χ1) is 10.0. The molecule has 6 nitrogen and oxygen atoms in total. The van der Waals surface area contributed by atoms with E-state index in [1.807, 2.05) is 13.8 Å². The van der Waals surface area contributed by atoms with Crippen molar-refractivity contribution in [3.63, 3.8) is 0 Å². The molecule has 1 saturated carbocycles. The largest absolute Gasteiger partial charge is 0.466 e. The van der Waals surface area contributed by atoms with E-state index in [0.717, 1.165) is 6.42 Å². The van der Waals surface area contributed by atoms with E-state index >= 15 is 0 Å². The third-order valence-electron chi connectivity index (χ3n) is 3.18. The fraction of sp³-hybridized carbons (Fsp3) is 0.667. The highest BCUT2D eigenvalue weighted by atomic mass is 16.6. The summed E-state index contributed by atoms with van der Waals surface area (Å²) in [5.41, 5.74) is 3.35. The molecule has 1 rings (SSSR count). The Balaban J connectivity index is 2.92. The molecule has 118 valence electrons. The maximum absolute atomic E-state index is 12.2. The van der Waals surface area contributed by atoms with Gasteiger partial charge in [-0.2, -0.15) is 0 Å². The first-order valence-corrected chi connectivity index (χ1v) is 7.39. The molecule has 0 aromatic heterocycles. The lowest BCUT2D eigenvalue weighted by Gasteiger charge is -2.23. The minimum atomic E-state index is -0.663. The summed E-state index contributed by atoms with van der Waals surface area (Å²) >= 11 is 0. The standard InChI is InChI=1S/C15H23NO5/c1-4-7-11(16-21-6-3)14-12(17)8-10(9-13(14)18)15(19)20-5-2/h10,16H,4-9H2,1-3H3. The van der Waals surface area contributed by atoms with Gasteiger partial charge in [0.1, 0.15) is 0 Å². The van der Waals surface area contributed by atoms with Crippen LogP contribution in [-0.4, -0.2) is 30.7 Å². The normalized spacial score (nSPS) is 18.6. The van der Waals surface area contributed by atoms with E-state index in [1.54, 1.807) is 6.92 Å². The van der Waals surface area contributed by atoms with E-state index in [0.29, 0.717) is 18.7 Å². The highest BCUT2D eigenvalue weighted by Crippen LogP contribution is 2.26. The molecule has 1 aliphatic carbocycles. The van der Waals surface area contributed by atoms with Crippen molar-refractivity contribution < 1.29 is 24.0 Å². The fourth-order valence-corrected chi connectivity index (χ4v) is 2.28. The van der Waals surface area contributed by atoms with Crippen molar-refractivity contribution in [3.8, 4) is 0 Å². The second-order valence-corrected chi connectivity index (χ2v) is 4.84. The van der Waals surface area contributed by atoms with Crippen LogP contribution in [-0.2, 0) is 24.0 Å². The quantitative estimate of drug-likeness (QED) is 0.333. The van der Waals surface area contributed by atoms with Gasteiger partial charge in [0.05, 0.1) is 30.4 Å². The number of Topliss-reactive ketones (excluding diaryl/α,β-unsaturated/α-hetero) is 2. The van der Waals surface area contributed by atoms with Crippen molar-refractivity contribution in [2.45, 2.75) is 46.5 Å². The average Bonchev–Trinajstić information content (AvgIpc) is 2.44. The lowest BCUT2D eigenvalue weighted by molar-refractivity contribution is -0.151. The molecule has 1 aliphatic rings. The summed E-state index contributed by atoms with van der Waals surface area (Å²) in [7, 11) is 0. The number of ether oxygens (including phenoxy) is 1. The Kier molecular flexibility index (Phi) is 7.08. The van der Waals surface area contributed by atoms with Crippen LogP contribution in [0, 0.1) is 5.92 Å². The predicted molar refractivity (Wildman–Crippen MR) is 76.1 cm³/mol. The minimum absolute atomic E-state index is 0.0148. The average molecular weight is 297 g/mol. The molecule has 21 heavy (non-hydrogen) atoms. The number of ketones is 2. The van der Waals surface area contributed by atoms with Gasteiger partial charge in [0.25, 0.3) is 0 Å². The van der Waals surface area contributed by atoms with Gasteiger partial charge in [-0.1, -0.05) is 13.3 Å². The van der Waals surface area contributed by atoms with Crippen LogP contribution in [0.2, 0.25) is 0 Å². The molecule has 0 bridgehead atoms. The number of hydroxylamine groups is 1. The number of esters is 1. The maximum atomic E-state index is 12.2. The highest BCUT2D eigenvalue weighted by Gasteiger charge is 2.37. The Labute approximate surface area is 124 Å². The van der Waals surface area contributed by atoms with Crippen LogP contribution >= 0.6 is 0 Å². The van der Waals surface area contributed by atoms with Crippen molar-refractivity contribution in [1.82, 2.24) is 5.48 Å². The lowest BCUT2D eigenvalue weighted by atomic mass is 9.82. The van der Waals surface area contributed by atoms with Crippen molar-refractivity contribution >= 4 is 17.5 Å². The zero-order valence-corrected chi connectivity index (χ0v) is 12.9. The molecule has 0 atom stereocenters. The molecule has 1 N–H and O–H groups in total. The Morgan fingerprint density at radius 1 is 1.14 bits per heavy atom. The van der Waals surface area contributed by atoms with Gasteiger partial charge in [-0.05, 0) is 20.3 Å². The van der Waals surface area contributed by atoms with Gasteiger partial charge in [-0.25, -0.2) is 0 Å². The monoisotopic (exact) mass is 297 g/mol. The zero-order chi connectivity index (χ0) is 15.8. The van der Waals surface area contributed by atoms with Crippen molar-refractivity contribution in [2.75, 3.05) is 13.2 Å². The van der Waals surface area contributed by atoms with Gasteiger partial charge >= 0.3 is 5.97 Å². The number of carbonyl (C=O) groups excluding carboxylic acids is 3. The molecule has 0 unspecified atom stereocenters. The van der Waals surface area contributed by atoms with Crippen molar-refractivity contribution in [3.05, 3.63) is 11.3 Å². The van der Waals surface area contributed by atoms with E-state index in [1.165, 1.54) is 0 Å². The van der Waals surface area contributed by atoms with Crippen LogP contribution in [0.5, 0.6) is 0 Å². The lowest BCUT2D eigenvalue weighted by Crippen LogP contribution is -2.34. The highest BCUT2D eigenvalue weighted by molar-refractivity contribution is 6.23. The molecule has 0 aromatic rings. The van der Waals surface area contributed by atoms with E-state index in [4.69, 9.17) is 9.57 Å². The van der Waals surface area contributed by atoms with Crippen LogP contribution in [0.3, 0.4) is 0 Å². The minimum Gasteiger partial charge on any atom is -0.466 e. The third kappa shape index (κ3) is 4.67. The van der Waals surface area contributed by atoms with Crippen LogP contribution in [0.4, 0.5) is 0 Å². The second-order valence-electron chi connectivity index (χ2n) is 4.84. The van der Waals surface area contributed by atoms with Gasteiger partial charge in [0.2, 0.25) is 0 Å². The smallest absolute Gasteiger partial charge is 0.309 e. The Bertz CT molecular complexity index is 421. The van der Waals surface area contributed by atoms with Gasteiger partial charge in [0.15, 0.2) is 11.6 Å². The molecular weight excluding hydrogens is 274 g/mol. The Hall–Kier alpha value is -1.69. The third-order valence-corrected chi connectivity index (χ3v) is 3.18. The molecule has 0 radical (unpaired) electrons. The summed E-state index contributed by atoms with van der Waals surface area (Å²) in [5, 5.41) is 0. The van der Waals surface area contributed by atoms with Crippen LogP contribution in [0.15, 0.2) is 11.3 Å². The first-order valence-electron chi connectivity index (χ1n) is 7.39. The van der Waals surface area contributed by atoms with E-state index < -0.39 is 11.9 Å². The van der Waals surface area contributed by atoms with Gasteiger partial charge < -0.3 is 4.74 Å². The number of hydrogen-bond donors (Lipinski definition) is 1. The topological polar surface area (TPSA) is 81.7 Å². The zero-order valence-electron chi connectivity index (χ0n) is 12.9. The molecule has 1 fully saturated rings. The summed E-state index contributed by atoms with van der Waals surface area (Å²) in [6, 6.07) is 0. The number of rotatable bonds is 7. The number of nitrogens with one attached hydrogen (secondary N) is 1. The fourth-order valence-electron chi connectivity index (χ4n) is 2.28. The number of hydrogen-bond acceptors (Lipinski definition) is 6. The van der Waals surface area contributed by atoms with Gasteiger partial charge in [0, 0.05) is 12.8 Å². The van der Waals surface area contributed by atoms with Crippen LogP contribution in [0.1, 0.15) is 46.5 Å². The maximum Gasteiger partial charge on any atom is 0.309 e. The predicted octanol–water partition coefficient (Wildman–Crippen LogP) is 1.69. The molecule has 6 heteroatoms. The van der Waals surface area contributed by atoms with Crippen molar-refractivity contribution in [1.29, 1.82) is 0 Å². The molecule has 0 aromatic carbocycles. The van der Waals surface area contributed by atoms with E-state index in [9.17, 15) is 14.4 Å². The second kappa shape index (κ2) is 8.56. The first kappa shape index (κ1) is 17.4. The molecule has 0 heterocycles. The van der Waals surface area contributed by atoms with Gasteiger partial charge in [-0.3, -0.25) is 24.7 Å². The molecule has 0 spiro atoms. The van der Waals surface area contributed by atoms with Crippen LogP contribution < -0.4 is 5.48 Å². The molecule has 0 saturated heterocycles. The van der Waals surface area contributed by atoms with Crippen molar-refractivity contribution in [2.24, 2.45) is 5.92 Å². The summed E-state index contributed by atoms with van der Waals surface area (Å²) in [4.78, 5) is 41.2. The molecular formula is C15H23NO5.